The fraction of sp³-hybridized carbons (Fsp3) is 0.375. The quantitative estimate of drug-likeness (QED) is 0.654. The van der Waals surface area contributed by atoms with E-state index in [1.807, 2.05) is 31.3 Å². The van der Waals surface area contributed by atoms with Gasteiger partial charge in [-0.15, -0.1) is 0 Å². The van der Waals surface area contributed by atoms with Gasteiger partial charge in [-0.25, -0.2) is 19.3 Å². The van der Waals surface area contributed by atoms with Crippen LogP contribution in [0.25, 0.3) is 11.3 Å². The standard InChI is InChI=1S/C24H26FN7O/c1-30-7-8-33-22-9-15(12-27-23(22)30)20-5-6-26-24(29-20)28-16-3-4-21(19(25)10-16)32-14-17-11-18(32)13-31(17)2/h3-6,9-10,12,17-18H,7-8,11,13-14H2,1-2H3,(H,26,28,29). The molecule has 1 N–H and O–H groups in total. The largest absolute Gasteiger partial charge is 0.488 e. The lowest BCUT2D eigenvalue weighted by molar-refractivity contribution is 0.292. The third kappa shape index (κ3) is 3.62. The Morgan fingerprint density at radius 2 is 2.00 bits per heavy atom. The van der Waals surface area contributed by atoms with E-state index in [2.05, 4.69) is 42.0 Å². The number of pyridine rings is 1. The van der Waals surface area contributed by atoms with Gasteiger partial charge in [-0.05, 0) is 43.8 Å². The van der Waals surface area contributed by atoms with Crippen molar-refractivity contribution in [3.05, 3.63) is 48.5 Å². The van der Waals surface area contributed by atoms with Crippen LogP contribution in [0.15, 0.2) is 42.7 Å². The molecule has 3 aliphatic rings. The number of likely N-dealkylation sites (N-methyl/N-ethyl adjacent to an activating group) is 2. The van der Waals surface area contributed by atoms with Crippen molar-refractivity contribution >= 4 is 23.1 Å². The Kier molecular flexibility index (Phi) is 4.79. The van der Waals surface area contributed by atoms with Crippen LogP contribution in [0, 0.1) is 5.82 Å². The lowest BCUT2D eigenvalue weighted by Crippen LogP contribution is -2.44. The van der Waals surface area contributed by atoms with E-state index in [-0.39, 0.29) is 5.82 Å². The smallest absolute Gasteiger partial charge is 0.227 e. The number of anilines is 4. The summed E-state index contributed by atoms with van der Waals surface area (Å²) in [6, 6.07) is 9.93. The predicted octanol–water partition coefficient (Wildman–Crippen LogP) is 3.14. The summed E-state index contributed by atoms with van der Waals surface area (Å²) in [6.45, 7) is 3.31. The topological polar surface area (TPSA) is 69.7 Å². The molecular weight excluding hydrogens is 421 g/mol. The minimum absolute atomic E-state index is 0.230. The predicted molar refractivity (Wildman–Crippen MR) is 126 cm³/mol. The van der Waals surface area contributed by atoms with Gasteiger partial charge in [-0.1, -0.05) is 0 Å². The monoisotopic (exact) mass is 447 g/mol. The van der Waals surface area contributed by atoms with Gasteiger partial charge in [-0.2, -0.15) is 0 Å². The lowest BCUT2D eigenvalue weighted by Gasteiger charge is -2.33. The summed E-state index contributed by atoms with van der Waals surface area (Å²) in [6.07, 6.45) is 4.57. The summed E-state index contributed by atoms with van der Waals surface area (Å²) in [4.78, 5) is 20.1. The third-order valence-corrected chi connectivity index (χ3v) is 6.86. The van der Waals surface area contributed by atoms with Gasteiger partial charge in [0.15, 0.2) is 11.6 Å². The van der Waals surface area contributed by atoms with Gasteiger partial charge < -0.3 is 19.9 Å². The molecule has 2 fully saturated rings. The zero-order valence-electron chi connectivity index (χ0n) is 18.7. The van der Waals surface area contributed by atoms with Gasteiger partial charge >= 0.3 is 0 Å². The number of hydrogen-bond acceptors (Lipinski definition) is 8. The number of nitrogens with zero attached hydrogens (tertiary/aromatic N) is 6. The molecule has 0 aliphatic carbocycles. The number of rotatable bonds is 4. The van der Waals surface area contributed by atoms with Crippen LogP contribution in [0.4, 0.5) is 27.5 Å². The molecule has 0 saturated carbocycles. The van der Waals surface area contributed by atoms with Crippen molar-refractivity contribution in [1.82, 2.24) is 19.9 Å². The molecule has 2 saturated heterocycles. The summed E-state index contributed by atoms with van der Waals surface area (Å²) in [5, 5.41) is 3.13. The van der Waals surface area contributed by atoms with Crippen LogP contribution in [-0.2, 0) is 0 Å². The average Bonchev–Trinajstić information content (AvgIpc) is 3.39. The highest BCUT2D eigenvalue weighted by Gasteiger charge is 2.42. The number of likely N-dealkylation sites (tertiary alicyclic amines) is 1. The van der Waals surface area contributed by atoms with E-state index in [0.717, 1.165) is 43.2 Å². The Labute approximate surface area is 192 Å². The van der Waals surface area contributed by atoms with Crippen molar-refractivity contribution < 1.29 is 9.13 Å². The van der Waals surface area contributed by atoms with Gasteiger partial charge in [0, 0.05) is 55.9 Å². The molecule has 2 atom stereocenters. The van der Waals surface area contributed by atoms with Gasteiger partial charge in [0.2, 0.25) is 5.95 Å². The number of fused-ring (bicyclic) bond motifs is 3. The average molecular weight is 448 g/mol. The first-order valence-corrected chi connectivity index (χ1v) is 11.3. The molecule has 2 aromatic heterocycles. The van der Waals surface area contributed by atoms with E-state index in [0.29, 0.717) is 41.7 Å². The highest BCUT2D eigenvalue weighted by atomic mass is 19.1. The summed E-state index contributed by atoms with van der Waals surface area (Å²) < 4.78 is 20.8. The minimum Gasteiger partial charge on any atom is -0.488 e. The summed E-state index contributed by atoms with van der Waals surface area (Å²) in [7, 11) is 4.14. The zero-order chi connectivity index (χ0) is 22.5. The number of hydrogen-bond donors (Lipinski definition) is 1. The van der Waals surface area contributed by atoms with E-state index in [4.69, 9.17) is 4.74 Å². The van der Waals surface area contributed by atoms with Crippen LogP contribution in [0.3, 0.4) is 0 Å². The fourth-order valence-corrected chi connectivity index (χ4v) is 5.06. The second-order valence-corrected chi connectivity index (χ2v) is 9.01. The molecule has 2 bridgehead atoms. The first-order valence-electron chi connectivity index (χ1n) is 11.3. The van der Waals surface area contributed by atoms with Gasteiger partial charge in [0.05, 0.1) is 17.9 Å². The van der Waals surface area contributed by atoms with Crippen LogP contribution in [0.2, 0.25) is 0 Å². The van der Waals surface area contributed by atoms with Crippen LogP contribution in [-0.4, -0.2) is 72.3 Å². The lowest BCUT2D eigenvalue weighted by atomic mass is 10.2. The first kappa shape index (κ1) is 20.2. The maximum Gasteiger partial charge on any atom is 0.227 e. The first-order chi connectivity index (χ1) is 16.0. The Morgan fingerprint density at radius 1 is 1.09 bits per heavy atom. The Bertz CT molecular complexity index is 1200. The molecule has 3 aromatic rings. The maximum absolute atomic E-state index is 15.0. The molecular formula is C24H26FN7O. The van der Waals surface area contributed by atoms with E-state index in [1.165, 1.54) is 6.07 Å². The second-order valence-electron chi connectivity index (χ2n) is 9.01. The van der Waals surface area contributed by atoms with Gasteiger partial charge in [0.1, 0.15) is 12.4 Å². The van der Waals surface area contributed by atoms with E-state index < -0.39 is 0 Å². The molecule has 3 aliphatic heterocycles. The molecule has 1 aromatic carbocycles. The molecule has 2 unspecified atom stereocenters. The summed E-state index contributed by atoms with van der Waals surface area (Å²) in [5.74, 6) is 1.74. The van der Waals surface area contributed by atoms with Crippen molar-refractivity contribution in [1.29, 1.82) is 0 Å². The highest BCUT2D eigenvalue weighted by molar-refractivity contribution is 5.68. The Hall–Kier alpha value is -3.46. The second kappa shape index (κ2) is 7.84. The van der Waals surface area contributed by atoms with E-state index in [9.17, 15) is 0 Å². The highest BCUT2D eigenvalue weighted by Crippen LogP contribution is 2.36. The molecule has 0 spiro atoms. The Morgan fingerprint density at radius 3 is 2.79 bits per heavy atom. The molecule has 33 heavy (non-hydrogen) atoms. The van der Waals surface area contributed by atoms with Crippen molar-refractivity contribution in [2.45, 2.75) is 18.5 Å². The minimum atomic E-state index is -0.230. The molecule has 6 rings (SSSR count). The van der Waals surface area contributed by atoms with Crippen LogP contribution >= 0.6 is 0 Å². The zero-order valence-corrected chi connectivity index (χ0v) is 18.7. The van der Waals surface area contributed by atoms with Crippen molar-refractivity contribution in [3.8, 4) is 17.0 Å². The molecule has 170 valence electrons. The van der Waals surface area contributed by atoms with Gasteiger partial charge in [0.25, 0.3) is 0 Å². The number of piperazine rings is 1. The van der Waals surface area contributed by atoms with Crippen molar-refractivity contribution in [2.24, 2.45) is 0 Å². The number of aromatic nitrogens is 3. The number of nitrogens with one attached hydrogen (secondary N) is 1. The number of halogens is 1. The molecule has 0 radical (unpaired) electrons. The van der Waals surface area contributed by atoms with Gasteiger partial charge in [-0.3, -0.25) is 4.90 Å². The number of benzene rings is 1. The summed E-state index contributed by atoms with van der Waals surface area (Å²) in [5.41, 5.74) is 2.84. The fourth-order valence-electron chi connectivity index (χ4n) is 5.06. The molecule has 5 heterocycles. The Balaban J connectivity index is 1.21. The van der Waals surface area contributed by atoms with Crippen molar-refractivity contribution in [3.63, 3.8) is 0 Å². The van der Waals surface area contributed by atoms with E-state index in [1.54, 1.807) is 12.4 Å². The van der Waals surface area contributed by atoms with Crippen LogP contribution < -0.4 is 19.9 Å². The van der Waals surface area contributed by atoms with Crippen molar-refractivity contribution in [2.75, 3.05) is 55.5 Å². The summed E-state index contributed by atoms with van der Waals surface area (Å²) >= 11 is 0. The van der Waals surface area contributed by atoms with E-state index >= 15 is 4.39 Å². The van der Waals surface area contributed by atoms with Crippen LogP contribution in [0.5, 0.6) is 5.75 Å². The molecule has 8 nitrogen and oxygen atoms in total. The van der Waals surface area contributed by atoms with Crippen LogP contribution in [0.1, 0.15) is 6.42 Å². The SMILES string of the molecule is CN1CCOc2cc(-c3ccnc(Nc4ccc(N5CC6CC5CN6C)c(F)c4)n3)cnc21. The maximum atomic E-state index is 15.0. The number of ether oxygens (including phenoxy) is 1. The third-order valence-electron chi connectivity index (χ3n) is 6.86. The molecule has 9 heteroatoms. The normalized spacial score (nSPS) is 21.8. The molecule has 0 amide bonds.